The molecular weight excluding hydrogens is 537 g/mol. The SMILES string of the molecule is CN=C(NCc1ccc(OC)c(OC(F)F)c1)NCC(c1cccs1)N1CCCC1.I. The minimum atomic E-state index is -2.91. The van der Waals surface area contributed by atoms with Gasteiger partial charge >= 0.3 is 6.61 Å². The Balaban J connectivity index is 0.00000341. The molecule has 1 aromatic heterocycles. The average Bonchev–Trinajstić information content (AvgIpc) is 3.45. The molecule has 1 aliphatic rings. The van der Waals surface area contributed by atoms with Crippen molar-refractivity contribution in [3.05, 3.63) is 46.2 Å². The van der Waals surface area contributed by atoms with E-state index in [-0.39, 0.29) is 35.5 Å². The van der Waals surface area contributed by atoms with E-state index in [1.165, 1.54) is 24.8 Å². The number of methoxy groups -OCH3 is 1. The number of nitrogens with zero attached hydrogens (tertiary/aromatic N) is 2. The predicted octanol–water partition coefficient (Wildman–Crippen LogP) is 4.48. The van der Waals surface area contributed by atoms with E-state index >= 15 is 0 Å². The minimum Gasteiger partial charge on any atom is -0.493 e. The van der Waals surface area contributed by atoms with Gasteiger partial charge < -0.3 is 20.1 Å². The number of benzene rings is 1. The lowest BCUT2D eigenvalue weighted by Gasteiger charge is -2.27. The number of thiophene rings is 1. The van der Waals surface area contributed by atoms with Crippen LogP contribution >= 0.6 is 35.3 Å². The third-order valence-electron chi connectivity index (χ3n) is 5.04. The summed E-state index contributed by atoms with van der Waals surface area (Å²) >= 11 is 1.77. The minimum absolute atomic E-state index is 0. The van der Waals surface area contributed by atoms with Crippen LogP contribution in [0, 0.1) is 0 Å². The zero-order chi connectivity index (χ0) is 21.3. The van der Waals surface area contributed by atoms with Crippen molar-refractivity contribution in [3.63, 3.8) is 0 Å². The summed E-state index contributed by atoms with van der Waals surface area (Å²) in [5.41, 5.74) is 0.781. The van der Waals surface area contributed by atoms with E-state index in [1.807, 2.05) is 0 Å². The molecule has 1 aromatic carbocycles. The molecule has 1 unspecified atom stereocenters. The molecule has 10 heteroatoms. The molecule has 2 N–H and O–H groups in total. The van der Waals surface area contributed by atoms with Crippen molar-refractivity contribution in [1.82, 2.24) is 15.5 Å². The fraction of sp³-hybridized carbons (Fsp3) is 0.476. The number of hydrogen-bond acceptors (Lipinski definition) is 5. The third kappa shape index (κ3) is 7.46. The van der Waals surface area contributed by atoms with Crippen LogP contribution in [0.15, 0.2) is 40.7 Å². The molecule has 0 radical (unpaired) electrons. The van der Waals surface area contributed by atoms with Crippen molar-refractivity contribution in [1.29, 1.82) is 0 Å². The van der Waals surface area contributed by atoms with E-state index in [1.54, 1.807) is 36.6 Å². The Morgan fingerprint density at radius 2 is 1.97 bits per heavy atom. The smallest absolute Gasteiger partial charge is 0.387 e. The number of alkyl halides is 2. The number of rotatable bonds is 9. The summed E-state index contributed by atoms with van der Waals surface area (Å²) in [5, 5.41) is 8.74. The standard InChI is InChI=1S/C21H28F2N4O2S.HI/c1-24-21(25-13-15-7-8-17(28-2)18(12-15)29-20(22)23)26-14-16(19-6-5-11-30-19)27-9-3-4-10-27;/h5-8,11-12,16,20H,3-4,9-10,13-14H2,1-2H3,(H2,24,25,26);1H. The maximum Gasteiger partial charge on any atom is 0.387 e. The Morgan fingerprint density at radius 1 is 1.19 bits per heavy atom. The van der Waals surface area contributed by atoms with E-state index in [0.717, 1.165) is 25.2 Å². The van der Waals surface area contributed by atoms with Crippen LogP contribution in [-0.4, -0.2) is 51.3 Å². The number of ether oxygens (including phenoxy) is 2. The summed E-state index contributed by atoms with van der Waals surface area (Å²) < 4.78 is 34.9. The van der Waals surface area contributed by atoms with Gasteiger partial charge in [-0.15, -0.1) is 35.3 Å². The lowest BCUT2D eigenvalue weighted by atomic mass is 10.2. The molecule has 6 nitrogen and oxygen atoms in total. The van der Waals surface area contributed by atoms with Gasteiger partial charge in [0.25, 0.3) is 0 Å². The van der Waals surface area contributed by atoms with Gasteiger partial charge in [0.15, 0.2) is 17.5 Å². The Labute approximate surface area is 203 Å². The van der Waals surface area contributed by atoms with Gasteiger partial charge in [0.1, 0.15) is 0 Å². The average molecular weight is 566 g/mol. The van der Waals surface area contributed by atoms with Crippen LogP contribution in [0.25, 0.3) is 0 Å². The summed E-state index contributed by atoms with van der Waals surface area (Å²) in [7, 11) is 3.13. The quantitative estimate of drug-likeness (QED) is 0.267. The fourth-order valence-corrected chi connectivity index (χ4v) is 4.42. The molecule has 1 aliphatic heterocycles. The van der Waals surface area contributed by atoms with Gasteiger partial charge in [-0.25, -0.2) is 0 Å². The van der Waals surface area contributed by atoms with Gasteiger partial charge in [-0.1, -0.05) is 12.1 Å². The van der Waals surface area contributed by atoms with Crippen molar-refractivity contribution in [3.8, 4) is 11.5 Å². The van der Waals surface area contributed by atoms with E-state index in [4.69, 9.17) is 4.74 Å². The number of nitrogens with one attached hydrogen (secondary N) is 2. The monoisotopic (exact) mass is 566 g/mol. The first-order chi connectivity index (χ1) is 14.6. The Morgan fingerprint density at radius 3 is 2.58 bits per heavy atom. The van der Waals surface area contributed by atoms with Crippen LogP contribution < -0.4 is 20.1 Å². The van der Waals surface area contributed by atoms with E-state index in [0.29, 0.717) is 18.5 Å². The molecule has 0 bridgehead atoms. The molecule has 0 spiro atoms. The zero-order valence-corrected chi connectivity index (χ0v) is 20.8. The number of hydrogen-bond donors (Lipinski definition) is 2. The lowest BCUT2D eigenvalue weighted by molar-refractivity contribution is -0.0512. The summed E-state index contributed by atoms with van der Waals surface area (Å²) in [5.74, 6) is 0.940. The molecule has 3 rings (SSSR count). The molecule has 1 saturated heterocycles. The van der Waals surface area contributed by atoms with Gasteiger partial charge in [-0.2, -0.15) is 8.78 Å². The van der Waals surface area contributed by atoms with Crippen molar-refractivity contribution in [2.24, 2.45) is 4.99 Å². The normalized spacial score (nSPS) is 15.5. The molecular formula is C21H29F2IN4O2S. The molecule has 2 heterocycles. The summed E-state index contributed by atoms with van der Waals surface area (Å²) in [6, 6.07) is 9.52. The van der Waals surface area contributed by atoms with Crippen LogP contribution in [0.2, 0.25) is 0 Å². The molecule has 0 aliphatic carbocycles. The van der Waals surface area contributed by atoms with Crippen LogP contribution in [-0.2, 0) is 6.54 Å². The summed E-state index contributed by atoms with van der Waals surface area (Å²) in [6.07, 6.45) is 2.46. The first kappa shape index (κ1) is 25.6. The first-order valence-electron chi connectivity index (χ1n) is 9.94. The highest BCUT2D eigenvalue weighted by Gasteiger charge is 2.24. The van der Waals surface area contributed by atoms with E-state index < -0.39 is 6.61 Å². The number of guanidine groups is 1. The van der Waals surface area contributed by atoms with Gasteiger partial charge in [-0.3, -0.25) is 9.89 Å². The Hall–Kier alpha value is -1.66. The maximum absolute atomic E-state index is 12.6. The highest BCUT2D eigenvalue weighted by atomic mass is 127. The first-order valence-corrected chi connectivity index (χ1v) is 10.8. The van der Waals surface area contributed by atoms with Crippen molar-refractivity contribution < 1.29 is 18.3 Å². The van der Waals surface area contributed by atoms with E-state index in [2.05, 4.69) is 42.8 Å². The molecule has 31 heavy (non-hydrogen) atoms. The largest absolute Gasteiger partial charge is 0.493 e. The molecule has 0 amide bonds. The Kier molecular flexibility index (Phi) is 10.7. The van der Waals surface area contributed by atoms with Gasteiger partial charge in [-0.05, 0) is 55.1 Å². The third-order valence-corrected chi connectivity index (χ3v) is 6.02. The highest BCUT2D eigenvalue weighted by Crippen LogP contribution is 2.30. The van der Waals surface area contributed by atoms with E-state index in [9.17, 15) is 8.78 Å². The number of halogens is 3. The van der Waals surface area contributed by atoms with Crippen LogP contribution in [0.5, 0.6) is 11.5 Å². The second-order valence-electron chi connectivity index (χ2n) is 6.94. The van der Waals surface area contributed by atoms with Crippen molar-refractivity contribution in [2.75, 3.05) is 33.8 Å². The van der Waals surface area contributed by atoms with Gasteiger partial charge in [0, 0.05) is 25.0 Å². The maximum atomic E-state index is 12.6. The summed E-state index contributed by atoms with van der Waals surface area (Å²) in [4.78, 5) is 8.13. The molecule has 2 aromatic rings. The Bertz CT molecular complexity index is 818. The second-order valence-corrected chi connectivity index (χ2v) is 7.92. The molecule has 172 valence electrons. The fourth-order valence-electron chi connectivity index (χ4n) is 3.56. The predicted molar refractivity (Wildman–Crippen MR) is 131 cm³/mol. The van der Waals surface area contributed by atoms with Crippen LogP contribution in [0.1, 0.15) is 29.3 Å². The second kappa shape index (κ2) is 13.0. The lowest BCUT2D eigenvalue weighted by Crippen LogP contribution is -2.42. The topological polar surface area (TPSA) is 58.1 Å². The number of aliphatic imine (C=N–C) groups is 1. The number of likely N-dealkylation sites (tertiary alicyclic amines) is 1. The molecule has 1 fully saturated rings. The van der Waals surface area contributed by atoms with Crippen molar-refractivity contribution >= 4 is 41.3 Å². The molecule has 1 atom stereocenters. The van der Waals surface area contributed by atoms with Gasteiger partial charge in [0.05, 0.1) is 13.2 Å². The van der Waals surface area contributed by atoms with Crippen molar-refractivity contribution in [2.45, 2.75) is 32.0 Å². The zero-order valence-electron chi connectivity index (χ0n) is 17.6. The molecule has 0 saturated carbocycles. The van der Waals surface area contributed by atoms with Crippen LogP contribution in [0.3, 0.4) is 0 Å². The highest BCUT2D eigenvalue weighted by molar-refractivity contribution is 14.0. The summed E-state index contributed by atoms with van der Waals surface area (Å²) in [6.45, 7) is 0.458. The van der Waals surface area contributed by atoms with Gasteiger partial charge in [0.2, 0.25) is 0 Å². The van der Waals surface area contributed by atoms with Crippen LogP contribution in [0.4, 0.5) is 8.78 Å².